The number of sulfone groups is 1. The highest BCUT2D eigenvalue weighted by molar-refractivity contribution is 7.91. The van der Waals surface area contributed by atoms with Crippen LogP contribution in [-0.4, -0.2) is 200 Å². The molecule has 6 aliphatic rings. The summed E-state index contributed by atoms with van der Waals surface area (Å²) in [5.74, 6) is -20.1. The fourth-order valence-corrected chi connectivity index (χ4v) is 22.6. The predicted molar refractivity (Wildman–Crippen MR) is 509 cm³/mol. The highest BCUT2D eigenvalue weighted by atomic mass is 35.5. The van der Waals surface area contributed by atoms with Crippen LogP contribution in [-0.2, 0) is 33.8 Å². The van der Waals surface area contributed by atoms with Crippen molar-refractivity contribution < 1.29 is 87.2 Å². The SMILES string of the molecule is C=CC(=O)N1CC2C(=O)N(C)c3c(Cl)c(-c4c(O)ccc(F)c4F)c(F)c4c3c(nc(=O)n4-c3c(C)ccnc3C(C)C)N2CC1C.C=CC(=O)N1CC2C(=O)Nc3c(Cl)c(-c4c(O)ccc(F)c4F)c(F)c4c3c(nc(=O)n4-c3c(C)ccnc3C(C)C)N2CC1C.C=CC(=O)N1CC2CS(=O)(=O)c3c(Cl)c(-c4c(O)ccc(F)c4F)c(F)c4c3c(nc(=O)n4-c3c(C)ccnc3C(C)C)N2CC1C. The van der Waals surface area contributed by atoms with Crippen molar-refractivity contribution in [1.29, 1.82) is 0 Å². The van der Waals surface area contributed by atoms with Gasteiger partial charge >= 0.3 is 17.1 Å². The first-order valence-corrected chi connectivity index (χ1v) is 46.6. The van der Waals surface area contributed by atoms with E-state index in [0.717, 1.165) is 55.0 Å². The molecule has 3 saturated heterocycles. The van der Waals surface area contributed by atoms with Gasteiger partial charge in [0, 0.05) is 86.6 Å². The molecule has 6 unspecified atom stereocenters. The van der Waals surface area contributed by atoms with Gasteiger partial charge in [0.1, 0.15) is 57.8 Å². The summed E-state index contributed by atoms with van der Waals surface area (Å²) in [7, 11) is -3.20. The monoisotopic (exact) mass is 2010 g/mol. The number of aromatic nitrogens is 9. The number of likely N-dealkylation sites (N-methyl/N-ethyl adjacent to an activating group) is 1. The van der Waals surface area contributed by atoms with Gasteiger partial charge in [0.2, 0.25) is 23.6 Å². The number of piperazine rings is 3. The van der Waals surface area contributed by atoms with E-state index in [9.17, 15) is 75.3 Å². The summed E-state index contributed by atoms with van der Waals surface area (Å²) in [6, 6.07) is 4.60. The third kappa shape index (κ3) is 15.8. The van der Waals surface area contributed by atoms with Gasteiger partial charge < -0.3 is 54.9 Å². The lowest BCUT2D eigenvalue weighted by Gasteiger charge is -2.44. The zero-order valence-corrected chi connectivity index (χ0v) is 80.0. The molecule has 6 aromatic heterocycles. The molecule has 43 heteroatoms. The number of rotatable bonds is 12. The molecule has 5 amide bonds. The van der Waals surface area contributed by atoms with E-state index >= 15 is 26.3 Å². The van der Waals surface area contributed by atoms with Crippen LogP contribution in [0.15, 0.2) is 130 Å². The van der Waals surface area contributed by atoms with E-state index in [1.165, 1.54) is 48.8 Å². The minimum absolute atomic E-state index is 0.00816. The number of benzene rings is 6. The minimum Gasteiger partial charge on any atom is -0.507 e. The second kappa shape index (κ2) is 36.8. The molecule has 4 N–H and O–H groups in total. The fraction of sp³-hybridized carbons (Fsp3) is 0.299. The van der Waals surface area contributed by atoms with Crippen LogP contribution in [0, 0.1) is 73.1 Å². The molecule has 140 heavy (non-hydrogen) atoms. The molecular formula is C97H87Cl3F9N17O13S. The van der Waals surface area contributed by atoms with Crippen molar-refractivity contribution in [2.24, 2.45) is 0 Å². The molecule has 728 valence electrons. The summed E-state index contributed by atoms with van der Waals surface area (Å²) in [6.45, 7) is 31.4. The van der Waals surface area contributed by atoms with Gasteiger partial charge in [0.05, 0.1) is 129 Å². The van der Waals surface area contributed by atoms with E-state index in [-0.39, 0.29) is 119 Å². The van der Waals surface area contributed by atoms with Crippen LogP contribution in [0.5, 0.6) is 17.2 Å². The normalized spacial score (nSPS) is 18.0. The van der Waals surface area contributed by atoms with Gasteiger partial charge in [-0.3, -0.25) is 52.6 Å². The van der Waals surface area contributed by atoms with Gasteiger partial charge in [0.15, 0.2) is 62.2 Å². The van der Waals surface area contributed by atoms with E-state index in [2.05, 4.69) is 55.0 Å². The van der Waals surface area contributed by atoms with Crippen LogP contribution in [0.4, 0.5) is 68.3 Å². The first-order chi connectivity index (χ1) is 66.1. The van der Waals surface area contributed by atoms with Crippen LogP contribution in [0.3, 0.4) is 0 Å². The number of phenols is 3. The summed E-state index contributed by atoms with van der Waals surface area (Å²) >= 11 is 20.4. The van der Waals surface area contributed by atoms with E-state index in [4.69, 9.17) is 34.8 Å². The molecule has 0 saturated carbocycles. The van der Waals surface area contributed by atoms with Crippen molar-refractivity contribution in [2.45, 2.75) is 142 Å². The molecule has 6 aliphatic heterocycles. The number of nitrogens with zero attached hydrogens (tertiary/aromatic N) is 16. The maximum Gasteiger partial charge on any atom is 0.354 e. The third-order valence-corrected chi connectivity index (χ3v) is 29.1. The Morgan fingerprint density at radius 3 is 1.17 bits per heavy atom. The molecule has 12 aromatic rings. The van der Waals surface area contributed by atoms with E-state index in [1.807, 2.05) is 27.7 Å². The number of anilines is 5. The molecule has 0 aliphatic carbocycles. The number of carbonyl (C=O) groups is 5. The van der Waals surface area contributed by atoms with Gasteiger partial charge in [-0.15, -0.1) is 0 Å². The minimum atomic E-state index is -4.56. The maximum absolute atomic E-state index is 17.4. The quantitative estimate of drug-likeness (QED) is 0.0501. The number of amides is 5. The van der Waals surface area contributed by atoms with Gasteiger partial charge in [-0.2, -0.15) is 15.0 Å². The van der Waals surface area contributed by atoms with Crippen molar-refractivity contribution in [2.75, 3.05) is 77.0 Å². The maximum atomic E-state index is 17.4. The van der Waals surface area contributed by atoms with Crippen LogP contribution >= 0.6 is 34.8 Å². The number of aryl methyl sites for hydroxylation is 3. The van der Waals surface area contributed by atoms with Gasteiger partial charge in [0.25, 0.3) is 5.91 Å². The van der Waals surface area contributed by atoms with Crippen LogP contribution in [0.25, 0.3) is 83.2 Å². The van der Waals surface area contributed by atoms with Crippen LogP contribution in [0.2, 0.25) is 15.1 Å². The number of carbonyl (C=O) groups excluding carboxylic acids is 5. The second-order valence-corrected chi connectivity index (χ2v) is 38.8. The fourth-order valence-electron chi connectivity index (χ4n) is 19.4. The molecule has 30 nitrogen and oxygen atoms in total. The lowest BCUT2D eigenvalue weighted by molar-refractivity contribution is -0.131. The Morgan fingerprint density at radius 2 is 0.779 bits per heavy atom. The summed E-state index contributed by atoms with van der Waals surface area (Å²) in [5.41, 5.74) is -6.94. The lowest BCUT2D eigenvalue weighted by atomic mass is 9.98. The number of aromatic hydroxyl groups is 3. The highest BCUT2D eigenvalue weighted by Crippen LogP contribution is 2.56. The van der Waals surface area contributed by atoms with Crippen LogP contribution in [0.1, 0.15) is 114 Å². The van der Waals surface area contributed by atoms with Crippen molar-refractivity contribution in [1.82, 2.24) is 58.3 Å². The topological polar surface area (TPSA) is 358 Å². The van der Waals surface area contributed by atoms with E-state index in [1.54, 1.807) is 79.8 Å². The van der Waals surface area contributed by atoms with Gasteiger partial charge in [-0.05, 0) is 149 Å². The van der Waals surface area contributed by atoms with Gasteiger partial charge in [-0.1, -0.05) is 96.1 Å². The molecule has 6 aromatic carbocycles. The number of nitrogens with one attached hydrogen (secondary N) is 1. The summed E-state index contributed by atoms with van der Waals surface area (Å²) in [5, 5.41) is 32.3. The number of halogens is 12. The van der Waals surface area contributed by atoms with Gasteiger partial charge in [-0.25, -0.2) is 62.3 Å². The zero-order valence-electron chi connectivity index (χ0n) is 77.0. The Morgan fingerprint density at radius 1 is 0.443 bits per heavy atom. The first kappa shape index (κ1) is 98.8. The first-order valence-electron chi connectivity index (χ1n) is 43.8. The average Bonchev–Trinajstić information content (AvgIpc) is 1.15. The standard InChI is InChI=1S/C33H30ClF3N6O4.C32H28ClF3N6O4.C32H29ClF3N5O5S/c1-7-20(45)41-13-18-32(46)40(6)29-23-30(26(37)22(24(29)34)21-19(44)9-8-17(35)25(21)36)43(28-15(4)10-11-38-27(28)14(2)3)33(47)39-31(23)42(18)12-16(41)5;1-6-19(44)40-12-17-31(45)38-27-22-29(25(36)21(23(27)33)20-18(43)8-7-16(34)24(20)35)42(28-14(4)9-10-37-26(28)13(2)3)32(46)39-30(22)41(17)11-15(40)5;1-6-20(43)39-12-17-13-47(45,46)30-23-29(26(36)22(24(30)33)21-19(42)8-7-18(34)25(21)35)41(28-15(4)9-10-37-27(28)14(2)3)32(44)38-31(23)40(17)11-16(39)5/h7-11,14,16,18,44H,1,12-13H2,2-6H3;6-10,13,15,17,43H,1,11-12H2,2-5H3,(H,38,45);6-10,14,16-17,42H,1,11-13H2,2-5H3. The smallest absolute Gasteiger partial charge is 0.354 e. The third-order valence-electron chi connectivity index (χ3n) is 26.0. The Hall–Kier alpha value is -14.3. The predicted octanol–water partition coefficient (Wildman–Crippen LogP) is 15.5. The van der Waals surface area contributed by atoms with Crippen LogP contribution < -0.4 is 42.0 Å². The zero-order chi connectivity index (χ0) is 102. The molecule has 0 radical (unpaired) electrons. The Kier molecular flexibility index (Phi) is 26.0. The highest BCUT2D eigenvalue weighted by Gasteiger charge is 2.50. The Bertz CT molecular complexity index is 7800. The molecule has 12 heterocycles. The molecule has 6 atom stereocenters. The van der Waals surface area contributed by atoms with Crippen molar-refractivity contribution in [3.05, 3.63) is 244 Å². The van der Waals surface area contributed by atoms with Crippen molar-refractivity contribution >= 4 is 136 Å². The average molecular weight is 2010 g/mol. The number of fused-ring (bicyclic) bond motifs is 6. The number of pyridine rings is 3. The van der Waals surface area contributed by atoms with Crippen molar-refractivity contribution in [3.8, 4) is 67.7 Å². The molecular weight excluding hydrogens is 1920 g/mol. The van der Waals surface area contributed by atoms with Crippen molar-refractivity contribution in [3.63, 3.8) is 0 Å². The number of hydrogen-bond donors (Lipinski definition) is 4. The summed E-state index contributed by atoms with van der Waals surface area (Å²) in [4.78, 5) is 144. The van der Waals surface area contributed by atoms with E-state index in [0.29, 0.717) is 52.0 Å². The number of hydrogen-bond acceptors (Lipinski definition) is 22. The summed E-state index contributed by atoms with van der Waals surface area (Å²) < 4.78 is 174. The van der Waals surface area contributed by atoms with E-state index < -0.39 is 238 Å². The molecule has 3 fully saturated rings. The Balaban J connectivity index is 0.000000151. The Labute approximate surface area is 807 Å². The largest absolute Gasteiger partial charge is 0.507 e. The number of phenolic OH excluding ortho intramolecular Hbond substituents is 3. The second-order valence-electron chi connectivity index (χ2n) is 35.6. The molecule has 18 rings (SSSR count). The lowest BCUT2D eigenvalue weighted by Crippen LogP contribution is -2.63. The molecule has 0 spiro atoms. The summed E-state index contributed by atoms with van der Waals surface area (Å²) in [6.07, 6.45) is 7.94. The molecule has 0 bridgehead atoms.